The summed E-state index contributed by atoms with van der Waals surface area (Å²) < 4.78 is 0.928. The van der Waals surface area contributed by atoms with Gasteiger partial charge in [-0.1, -0.05) is 33.6 Å². The number of nitrogens with zero attached hydrogens (tertiary/aromatic N) is 2. The normalized spacial score (nSPS) is 12.4. The first-order valence-electron chi connectivity index (χ1n) is 4.64. The molecule has 2 rings (SSSR count). The lowest BCUT2D eigenvalue weighted by Crippen LogP contribution is -2.12. The van der Waals surface area contributed by atoms with Crippen molar-refractivity contribution < 1.29 is 0 Å². The Balaban J connectivity index is 2.38. The second kappa shape index (κ2) is 4.91. The third-order valence-electron chi connectivity index (χ3n) is 2.24. The van der Waals surface area contributed by atoms with Crippen molar-refractivity contribution in [2.45, 2.75) is 6.04 Å². The van der Waals surface area contributed by atoms with Crippen molar-refractivity contribution in [3.63, 3.8) is 0 Å². The molecule has 0 saturated carbocycles. The number of rotatable bonds is 2. The first-order chi connectivity index (χ1) is 7.68. The van der Waals surface area contributed by atoms with Crippen LogP contribution in [-0.2, 0) is 0 Å². The van der Waals surface area contributed by atoms with E-state index in [1.54, 1.807) is 12.4 Å². The Bertz CT molecular complexity index is 490. The Morgan fingerprint density at radius 3 is 2.56 bits per heavy atom. The van der Waals surface area contributed by atoms with E-state index in [1.807, 2.05) is 18.2 Å². The Hall–Kier alpha value is -0.970. The minimum absolute atomic E-state index is 0.304. The molecule has 1 heterocycles. The number of hydrogen-bond donors (Lipinski definition) is 1. The van der Waals surface area contributed by atoms with Crippen LogP contribution in [0, 0.1) is 0 Å². The van der Waals surface area contributed by atoms with Gasteiger partial charge in [0.15, 0.2) is 0 Å². The van der Waals surface area contributed by atoms with Crippen LogP contribution < -0.4 is 5.73 Å². The fourth-order valence-electron chi connectivity index (χ4n) is 1.40. The van der Waals surface area contributed by atoms with Crippen LogP contribution in [0.5, 0.6) is 0 Å². The monoisotopic (exact) mass is 297 g/mol. The van der Waals surface area contributed by atoms with Gasteiger partial charge in [-0.15, -0.1) is 0 Å². The lowest BCUT2D eigenvalue weighted by Gasteiger charge is -2.13. The van der Waals surface area contributed by atoms with Crippen LogP contribution in [0.1, 0.15) is 17.2 Å². The highest BCUT2D eigenvalue weighted by molar-refractivity contribution is 9.10. The third-order valence-corrected chi connectivity index (χ3v) is 3.06. The Morgan fingerprint density at radius 2 is 1.94 bits per heavy atom. The van der Waals surface area contributed by atoms with E-state index in [1.165, 1.54) is 6.33 Å². The van der Waals surface area contributed by atoms with Crippen molar-refractivity contribution >= 4 is 27.5 Å². The van der Waals surface area contributed by atoms with Crippen LogP contribution in [0.15, 0.2) is 41.4 Å². The van der Waals surface area contributed by atoms with Crippen molar-refractivity contribution in [2.75, 3.05) is 0 Å². The molecule has 0 aliphatic carbocycles. The molecule has 0 bridgehead atoms. The first-order valence-corrected chi connectivity index (χ1v) is 5.81. The molecule has 0 fully saturated rings. The van der Waals surface area contributed by atoms with E-state index in [9.17, 15) is 0 Å². The number of halogens is 2. The van der Waals surface area contributed by atoms with Gasteiger partial charge in [0.05, 0.1) is 6.04 Å². The molecule has 1 atom stereocenters. The molecule has 0 spiro atoms. The summed E-state index contributed by atoms with van der Waals surface area (Å²) in [6.45, 7) is 0. The molecular formula is C11H9BrClN3. The first kappa shape index (κ1) is 11.5. The van der Waals surface area contributed by atoms with Gasteiger partial charge in [-0.05, 0) is 17.7 Å². The highest BCUT2D eigenvalue weighted by Crippen LogP contribution is 2.28. The number of nitrogens with two attached hydrogens (primary N) is 1. The van der Waals surface area contributed by atoms with E-state index in [-0.39, 0.29) is 6.04 Å². The van der Waals surface area contributed by atoms with Crippen LogP contribution in [0.3, 0.4) is 0 Å². The molecule has 2 N–H and O–H groups in total. The van der Waals surface area contributed by atoms with Crippen molar-refractivity contribution in [2.24, 2.45) is 5.73 Å². The highest BCUT2D eigenvalue weighted by atomic mass is 79.9. The molecule has 0 radical (unpaired) electrons. The van der Waals surface area contributed by atoms with E-state index in [4.69, 9.17) is 17.3 Å². The van der Waals surface area contributed by atoms with Gasteiger partial charge in [0.25, 0.3) is 0 Å². The largest absolute Gasteiger partial charge is 0.320 e. The maximum atomic E-state index is 6.12. The van der Waals surface area contributed by atoms with Gasteiger partial charge in [-0.25, -0.2) is 9.97 Å². The molecule has 0 saturated heterocycles. The van der Waals surface area contributed by atoms with Gasteiger partial charge in [-0.3, -0.25) is 0 Å². The van der Waals surface area contributed by atoms with E-state index < -0.39 is 0 Å². The lowest BCUT2D eigenvalue weighted by molar-refractivity contribution is 0.850. The molecule has 1 aromatic heterocycles. The van der Waals surface area contributed by atoms with Gasteiger partial charge in [0.2, 0.25) is 0 Å². The van der Waals surface area contributed by atoms with Gasteiger partial charge in [0.1, 0.15) is 6.33 Å². The van der Waals surface area contributed by atoms with E-state index in [2.05, 4.69) is 25.9 Å². The summed E-state index contributed by atoms with van der Waals surface area (Å²) in [5.41, 5.74) is 7.79. The predicted octanol–water partition coefficient (Wildman–Crippen LogP) is 2.94. The van der Waals surface area contributed by atoms with Crippen molar-refractivity contribution in [3.05, 3.63) is 57.5 Å². The topological polar surface area (TPSA) is 51.8 Å². The van der Waals surface area contributed by atoms with Gasteiger partial charge >= 0.3 is 0 Å². The van der Waals surface area contributed by atoms with Gasteiger partial charge < -0.3 is 5.73 Å². The molecule has 0 aliphatic heterocycles. The molecular weight excluding hydrogens is 289 g/mol. The quantitative estimate of drug-likeness (QED) is 0.927. The van der Waals surface area contributed by atoms with Crippen molar-refractivity contribution in [1.29, 1.82) is 0 Å². The van der Waals surface area contributed by atoms with Crippen molar-refractivity contribution in [3.8, 4) is 0 Å². The summed E-state index contributed by atoms with van der Waals surface area (Å²) in [6.07, 6.45) is 4.85. The standard InChI is InChI=1S/C11H9BrClN3/c12-8-1-2-9(10(13)3-8)11(14)7-4-15-6-16-5-7/h1-6,11H,14H2. The zero-order valence-electron chi connectivity index (χ0n) is 8.27. The minimum Gasteiger partial charge on any atom is -0.320 e. The summed E-state index contributed by atoms with van der Waals surface area (Å²) in [4.78, 5) is 7.87. The summed E-state index contributed by atoms with van der Waals surface area (Å²) in [5.74, 6) is 0. The summed E-state index contributed by atoms with van der Waals surface area (Å²) in [6, 6.07) is 5.32. The summed E-state index contributed by atoms with van der Waals surface area (Å²) in [5, 5.41) is 0.630. The van der Waals surface area contributed by atoms with Gasteiger partial charge in [-0.2, -0.15) is 0 Å². The summed E-state index contributed by atoms with van der Waals surface area (Å²) >= 11 is 9.48. The fourth-order valence-corrected chi connectivity index (χ4v) is 2.20. The van der Waals surface area contributed by atoms with E-state index in [0.717, 1.165) is 15.6 Å². The smallest absolute Gasteiger partial charge is 0.115 e. The second-order valence-electron chi connectivity index (χ2n) is 3.32. The van der Waals surface area contributed by atoms with Gasteiger partial charge in [0, 0.05) is 27.5 Å². The Morgan fingerprint density at radius 1 is 1.25 bits per heavy atom. The zero-order valence-corrected chi connectivity index (χ0v) is 10.6. The van der Waals surface area contributed by atoms with Crippen LogP contribution in [0.4, 0.5) is 0 Å². The average Bonchev–Trinajstić information content (AvgIpc) is 2.29. The molecule has 5 heteroatoms. The highest BCUT2D eigenvalue weighted by Gasteiger charge is 2.12. The average molecular weight is 299 g/mol. The maximum absolute atomic E-state index is 6.12. The van der Waals surface area contributed by atoms with Crippen LogP contribution in [0.25, 0.3) is 0 Å². The van der Waals surface area contributed by atoms with E-state index >= 15 is 0 Å². The fraction of sp³-hybridized carbons (Fsp3) is 0.0909. The second-order valence-corrected chi connectivity index (χ2v) is 4.64. The Labute approximate surface area is 107 Å². The summed E-state index contributed by atoms with van der Waals surface area (Å²) in [7, 11) is 0. The van der Waals surface area contributed by atoms with Crippen LogP contribution in [-0.4, -0.2) is 9.97 Å². The molecule has 1 unspecified atom stereocenters. The molecule has 0 aliphatic rings. The maximum Gasteiger partial charge on any atom is 0.115 e. The Kier molecular flexibility index (Phi) is 3.53. The number of aromatic nitrogens is 2. The minimum atomic E-state index is -0.304. The number of hydrogen-bond acceptors (Lipinski definition) is 3. The molecule has 3 nitrogen and oxygen atoms in total. The molecule has 2 aromatic rings. The lowest BCUT2D eigenvalue weighted by atomic mass is 10.0. The van der Waals surface area contributed by atoms with E-state index in [0.29, 0.717) is 5.02 Å². The van der Waals surface area contributed by atoms with Crippen LogP contribution >= 0.6 is 27.5 Å². The molecule has 0 amide bonds. The third kappa shape index (κ3) is 2.40. The zero-order chi connectivity index (χ0) is 11.5. The predicted molar refractivity (Wildman–Crippen MR) is 67.2 cm³/mol. The molecule has 16 heavy (non-hydrogen) atoms. The number of benzene rings is 1. The molecule has 1 aromatic carbocycles. The van der Waals surface area contributed by atoms with Crippen molar-refractivity contribution in [1.82, 2.24) is 9.97 Å². The van der Waals surface area contributed by atoms with Crippen LogP contribution in [0.2, 0.25) is 5.02 Å². The molecule has 82 valence electrons. The SMILES string of the molecule is NC(c1cncnc1)c1ccc(Br)cc1Cl.